The van der Waals surface area contributed by atoms with Crippen molar-refractivity contribution in [3.05, 3.63) is 105 Å². The topological polar surface area (TPSA) is 129 Å². The Morgan fingerprint density at radius 1 is 0.585 bits per heavy atom. The Balaban J connectivity index is 1.56. The first-order valence-corrected chi connectivity index (χ1v) is 12.4. The van der Waals surface area contributed by atoms with E-state index in [0.29, 0.717) is 22.6 Å². The minimum atomic E-state index is -0.603. The van der Waals surface area contributed by atoms with Crippen molar-refractivity contribution in [2.45, 2.75) is 0 Å². The van der Waals surface area contributed by atoms with Gasteiger partial charge < -0.3 is 33.3 Å². The van der Waals surface area contributed by atoms with Gasteiger partial charge in [-0.25, -0.2) is 0 Å². The zero-order chi connectivity index (χ0) is 28.7. The largest absolute Gasteiger partial charge is 0.504 e. The molecule has 0 fully saturated rings. The van der Waals surface area contributed by atoms with Crippen molar-refractivity contribution in [2.75, 3.05) is 14.2 Å². The van der Waals surface area contributed by atoms with Crippen LogP contribution in [0.25, 0.3) is 44.6 Å². The number of fused-ring (bicyclic) bond motifs is 2. The van der Waals surface area contributed by atoms with Crippen LogP contribution < -0.4 is 25.1 Å². The molecule has 6 rings (SSSR count). The maximum atomic E-state index is 13.4. The molecule has 0 aliphatic carbocycles. The molecule has 0 aliphatic heterocycles. The van der Waals surface area contributed by atoms with Gasteiger partial charge in [0.1, 0.15) is 33.5 Å². The highest BCUT2D eigenvalue weighted by molar-refractivity contribution is 5.93. The second-order valence-electron chi connectivity index (χ2n) is 9.04. The van der Waals surface area contributed by atoms with Crippen molar-refractivity contribution in [2.24, 2.45) is 0 Å². The number of benzene rings is 4. The predicted molar refractivity (Wildman–Crippen MR) is 152 cm³/mol. The maximum absolute atomic E-state index is 13.4. The standard InChI is InChI=1S/C32H22O9/c1-37-25-15-24-28(20(34)14-22(40-24)18-11-7-4-8-12-18)32(29(25)35)41-31-26(38-2)16-23-27(30(31)36)19(33)13-21(39-23)17-9-5-3-6-10-17/h3-16,35-36H,1-2H3. The Morgan fingerprint density at radius 3 is 1.61 bits per heavy atom. The summed E-state index contributed by atoms with van der Waals surface area (Å²) >= 11 is 0. The number of methoxy groups -OCH3 is 2. The van der Waals surface area contributed by atoms with E-state index in [-0.39, 0.29) is 44.9 Å². The van der Waals surface area contributed by atoms with Gasteiger partial charge in [-0.2, -0.15) is 0 Å². The summed E-state index contributed by atoms with van der Waals surface area (Å²) in [5, 5.41) is 22.0. The molecule has 0 spiro atoms. The summed E-state index contributed by atoms with van der Waals surface area (Å²) in [7, 11) is 2.66. The molecule has 2 N–H and O–H groups in total. The van der Waals surface area contributed by atoms with Crippen LogP contribution in [-0.4, -0.2) is 24.4 Å². The fourth-order valence-corrected chi connectivity index (χ4v) is 4.61. The molecule has 9 nitrogen and oxygen atoms in total. The van der Waals surface area contributed by atoms with Crippen LogP contribution in [0, 0.1) is 0 Å². The highest BCUT2D eigenvalue weighted by Gasteiger charge is 2.26. The minimum Gasteiger partial charge on any atom is -0.504 e. The maximum Gasteiger partial charge on any atom is 0.212 e. The van der Waals surface area contributed by atoms with E-state index in [0.717, 1.165) is 0 Å². The lowest BCUT2D eigenvalue weighted by molar-refractivity contribution is 0.336. The summed E-state index contributed by atoms with van der Waals surface area (Å²) in [6, 6.07) is 23.3. The second kappa shape index (κ2) is 10.1. The van der Waals surface area contributed by atoms with Crippen LogP contribution in [0.3, 0.4) is 0 Å². The summed E-state index contributed by atoms with van der Waals surface area (Å²) < 4.78 is 28.7. The zero-order valence-corrected chi connectivity index (χ0v) is 21.8. The lowest BCUT2D eigenvalue weighted by atomic mass is 10.1. The Labute approximate surface area is 232 Å². The van der Waals surface area contributed by atoms with E-state index in [9.17, 15) is 19.8 Å². The predicted octanol–water partition coefficient (Wildman–Crippen LogP) is 6.45. The van der Waals surface area contributed by atoms with E-state index in [1.54, 1.807) is 48.5 Å². The van der Waals surface area contributed by atoms with E-state index in [2.05, 4.69) is 0 Å². The van der Waals surface area contributed by atoms with Gasteiger partial charge in [0.15, 0.2) is 33.9 Å². The van der Waals surface area contributed by atoms with E-state index in [4.69, 9.17) is 23.0 Å². The molecule has 4 aromatic carbocycles. The van der Waals surface area contributed by atoms with Crippen LogP contribution >= 0.6 is 0 Å². The molecule has 41 heavy (non-hydrogen) atoms. The smallest absolute Gasteiger partial charge is 0.212 e. The third kappa shape index (κ3) is 4.39. The number of rotatable bonds is 6. The van der Waals surface area contributed by atoms with Crippen molar-refractivity contribution in [1.29, 1.82) is 0 Å². The Hall–Kier alpha value is -5.70. The summed E-state index contributed by atoms with van der Waals surface area (Å²) in [4.78, 5) is 26.5. The molecule has 0 unspecified atom stereocenters. The van der Waals surface area contributed by atoms with E-state index >= 15 is 0 Å². The van der Waals surface area contributed by atoms with Crippen LogP contribution in [0.4, 0.5) is 0 Å². The highest BCUT2D eigenvalue weighted by atomic mass is 16.5. The lowest BCUT2D eigenvalue weighted by Crippen LogP contribution is -2.05. The van der Waals surface area contributed by atoms with E-state index in [1.165, 1.54) is 38.5 Å². The molecule has 6 aromatic rings. The number of phenols is 2. The zero-order valence-electron chi connectivity index (χ0n) is 21.8. The average molecular weight is 551 g/mol. The van der Waals surface area contributed by atoms with Gasteiger partial charge in [-0.15, -0.1) is 0 Å². The number of hydrogen-bond acceptors (Lipinski definition) is 9. The van der Waals surface area contributed by atoms with Gasteiger partial charge in [-0.1, -0.05) is 60.7 Å². The molecule has 0 saturated heterocycles. The van der Waals surface area contributed by atoms with Gasteiger partial charge in [0, 0.05) is 35.4 Å². The fourth-order valence-electron chi connectivity index (χ4n) is 4.61. The van der Waals surface area contributed by atoms with Crippen LogP contribution in [0.5, 0.6) is 34.5 Å². The van der Waals surface area contributed by atoms with E-state index in [1.807, 2.05) is 12.1 Å². The molecule has 0 amide bonds. The van der Waals surface area contributed by atoms with Crippen molar-refractivity contribution >= 4 is 21.9 Å². The summed E-state index contributed by atoms with van der Waals surface area (Å²) in [6.07, 6.45) is 0. The normalized spacial score (nSPS) is 11.1. The second-order valence-corrected chi connectivity index (χ2v) is 9.04. The molecule has 204 valence electrons. The van der Waals surface area contributed by atoms with Gasteiger partial charge in [0.05, 0.1) is 14.2 Å². The molecule has 0 saturated carbocycles. The Kier molecular flexibility index (Phi) is 6.31. The number of ether oxygens (including phenoxy) is 3. The molecule has 2 aromatic heterocycles. The molecule has 0 aliphatic rings. The fraction of sp³-hybridized carbons (Fsp3) is 0.0625. The van der Waals surface area contributed by atoms with Gasteiger partial charge in [-0.05, 0) is 0 Å². The summed E-state index contributed by atoms with van der Waals surface area (Å²) in [5.41, 5.74) is 0.374. The van der Waals surface area contributed by atoms with Gasteiger partial charge in [-0.3, -0.25) is 9.59 Å². The first kappa shape index (κ1) is 25.6. The van der Waals surface area contributed by atoms with Crippen LogP contribution in [0.15, 0.2) is 103 Å². The molecule has 0 bridgehead atoms. The van der Waals surface area contributed by atoms with Crippen LogP contribution in [0.2, 0.25) is 0 Å². The monoisotopic (exact) mass is 550 g/mol. The third-order valence-corrected chi connectivity index (χ3v) is 6.59. The van der Waals surface area contributed by atoms with Gasteiger partial charge >= 0.3 is 0 Å². The van der Waals surface area contributed by atoms with E-state index < -0.39 is 22.4 Å². The Bertz CT molecular complexity index is 2040. The van der Waals surface area contributed by atoms with Crippen molar-refractivity contribution in [3.8, 4) is 57.1 Å². The molecule has 0 atom stereocenters. The molecule has 2 heterocycles. The minimum absolute atomic E-state index is 0.0241. The first-order chi connectivity index (χ1) is 19.9. The summed E-state index contributed by atoms with van der Waals surface area (Å²) in [5.74, 6) is -1.29. The molecule has 9 heteroatoms. The SMILES string of the molecule is COc1cc2oc(-c3ccccc3)cc(=O)c2c(Oc2c(OC)cc3oc(-c4ccccc4)cc(=O)c3c2O)c1O. The van der Waals surface area contributed by atoms with Gasteiger partial charge in [0.2, 0.25) is 11.5 Å². The number of aromatic hydroxyl groups is 2. The summed E-state index contributed by atoms with van der Waals surface area (Å²) in [6.45, 7) is 0. The first-order valence-electron chi connectivity index (χ1n) is 12.4. The number of hydrogen-bond donors (Lipinski definition) is 2. The molecule has 0 radical (unpaired) electrons. The van der Waals surface area contributed by atoms with Crippen LogP contribution in [-0.2, 0) is 0 Å². The van der Waals surface area contributed by atoms with Crippen molar-refractivity contribution < 1.29 is 33.3 Å². The van der Waals surface area contributed by atoms with Crippen molar-refractivity contribution in [3.63, 3.8) is 0 Å². The lowest BCUT2D eigenvalue weighted by Gasteiger charge is -2.17. The van der Waals surface area contributed by atoms with Crippen LogP contribution in [0.1, 0.15) is 0 Å². The van der Waals surface area contributed by atoms with Gasteiger partial charge in [0.25, 0.3) is 0 Å². The third-order valence-electron chi connectivity index (χ3n) is 6.59. The molecular formula is C32H22O9. The average Bonchev–Trinajstić information content (AvgIpc) is 2.99. The quantitative estimate of drug-likeness (QED) is 0.240. The van der Waals surface area contributed by atoms with Crippen molar-refractivity contribution in [1.82, 2.24) is 0 Å². The Morgan fingerprint density at radius 2 is 1.07 bits per heavy atom. The highest BCUT2D eigenvalue weighted by Crippen LogP contribution is 2.50. The number of phenolic OH excluding ortho intramolecular Hbond substituents is 2. The molecular weight excluding hydrogens is 528 g/mol.